The summed E-state index contributed by atoms with van der Waals surface area (Å²) < 4.78 is 0. The third-order valence-corrected chi connectivity index (χ3v) is 5.53. The number of amides is 1. The van der Waals surface area contributed by atoms with E-state index in [0.29, 0.717) is 25.6 Å². The maximum atomic E-state index is 11.7. The number of likely N-dealkylation sites (tertiary alicyclic amines) is 1. The lowest BCUT2D eigenvalue weighted by Crippen LogP contribution is -2.46. The van der Waals surface area contributed by atoms with Gasteiger partial charge in [-0.25, -0.2) is 4.98 Å². The van der Waals surface area contributed by atoms with Crippen LogP contribution in [-0.4, -0.2) is 46.5 Å². The summed E-state index contributed by atoms with van der Waals surface area (Å²) in [6.45, 7) is 3.06. The van der Waals surface area contributed by atoms with Gasteiger partial charge in [0.2, 0.25) is 5.91 Å². The number of aromatic nitrogens is 2. The number of thiazole rings is 1. The highest BCUT2D eigenvalue weighted by atomic mass is 35.5. The molecule has 1 fully saturated rings. The van der Waals surface area contributed by atoms with Gasteiger partial charge in [-0.05, 0) is 31.5 Å². The maximum absolute atomic E-state index is 11.7. The molecule has 142 valence electrons. The van der Waals surface area contributed by atoms with Crippen molar-refractivity contribution in [3.63, 3.8) is 0 Å². The summed E-state index contributed by atoms with van der Waals surface area (Å²) in [5, 5.41) is 4.05. The first kappa shape index (κ1) is 20.8. The molecule has 1 unspecified atom stereocenters. The second-order valence-corrected chi connectivity index (χ2v) is 7.45. The van der Waals surface area contributed by atoms with E-state index in [2.05, 4.69) is 20.2 Å². The third kappa shape index (κ3) is 5.74. The fraction of sp³-hybridized carbons (Fsp3) is 0.500. The second kappa shape index (κ2) is 10.6. The highest BCUT2D eigenvalue weighted by Crippen LogP contribution is 2.27. The van der Waals surface area contributed by atoms with Crippen LogP contribution in [0.15, 0.2) is 30.7 Å². The van der Waals surface area contributed by atoms with Gasteiger partial charge in [0, 0.05) is 61.1 Å². The number of nitrogens with zero attached hydrogens (tertiary/aromatic N) is 3. The summed E-state index contributed by atoms with van der Waals surface area (Å²) in [6.07, 6.45) is 9.51. The van der Waals surface area contributed by atoms with Crippen molar-refractivity contribution in [2.75, 3.05) is 19.6 Å². The Hall–Kier alpha value is -1.54. The number of carbonyl (C=O) groups excluding carboxylic acids is 1. The van der Waals surface area contributed by atoms with Crippen molar-refractivity contribution < 1.29 is 4.79 Å². The van der Waals surface area contributed by atoms with Crippen LogP contribution in [0.5, 0.6) is 0 Å². The molecule has 0 aromatic carbocycles. The monoisotopic (exact) mass is 395 g/mol. The van der Waals surface area contributed by atoms with Gasteiger partial charge in [0.15, 0.2) is 0 Å². The van der Waals surface area contributed by atoms with Crippen LogP contribution in [0.1, 0.15) is 30.6 Å². The Labute approximate surface area is 164 Å². The fourth-order valence-corrected chi connectivity index (χ4v) is 4.10. The Morgan fingerprint density at radius 2 is 2.15 bits per heavy atom. The van der Waals surface area contributed by atoms with E-state index >= 15 is 0 Å². The number of halogens is 1. The molecule has 0 radical (unpaired) electrons. The molecule has 0 saturated carbocycles. The van der Waals surface area contributed by atoms with Crippen LogP contribution >= 0.6 is 23.7 Å². The van der Waals surface area contributed by atoms with Gasteiger partial charge in [0.05, 0.1) is 0 Å². The molecule has 2 aromatic heterocycles. The average Bonchev–Trinajstić information content (AvgIpc) is 3.11. The van der Waals surface area contributed by atoms with Crippen LogP contribution in [0.25, 0.3) is 10.6 Å². The Morgan fingerprint density at radius 1 is 1.35 bits per heavy atom. The molecule has 26 heavy (non-hydrogen) atoms. The number of rotatable bonds is 7. The van der Waals surface area contributed by atoms with Crippen LogP contribution in [0.3, 0.4) is 0 Å². The molecule has 0 bridgehead atoms. The van der Waals surface area contributed by atoms with Crippen molar-refractivity contribution in [3.8, 4) is 10.6 Å². The Balaban J connectivity index is 0.00000243. The van der Waals surface area contributed by atoms with Crippen molar-refractivity contribution in [1.82, 2.24) is 20.2 Å². The first-order valence-electron chi connectivity index (χ1n) is 8.82. The second-order valence-electron chi connectivity index (χ2n) is 6.33. The lowest BCUT2D eigenvalue weighted by Gasteiger charge is -2.35. The molecule has 3 rings (SSSR count). The zero-order valence-corrected chi connectivity index (χ0v) is 16.4. The normalized spacial score (nSPS) is 17.5. The van der Waals surface area contributed by atoms with Crippen LogP contribution in [0.2, 0.25) is 0 Å². The van der Waals surface area contributed by atoms with Gasteiger partial charge in [-0.1, -0.05) is 6.42 Å². The number of hydrogen-bond acceptors (Lipinski definition) is 6. The molecule has 1 atom stereocenters. The van der Waals surface area contributed by atoms with E-state index in [-0.39, 0.29) is 18.3 Å². The summed E-state index contributed by atoms with van der Waals surface area (Å²) in [6, 6.07) is 4.36. The average molecular weight is 396 g/mol. The van der Waals surface area contributed by atoms with Gasteiger partial charge >= 0.3 is 0 Å². The van der Waals surface area contributed by atoms with Crippen molar-refractivity contribution in [2.24, 2.45) is 5.73 Å². The number of carbonyl (C=O) groups is 1. The van der Waals surface area contributed by atoms with Crippen LogP contribution in [-0.2, 0) is 11.3 Å². The molecule has 0 spiro atoms. The van der Waals surface area contributed by atoms with Gasteiger partial charge in [-0.15, -0.1) is 23.7 Å². The molecule has 3 heterocycles. The summed E-state index contributed by atoms with van der Waals surface area (Å²) in [7, 11) is 0. The number of pyridine rings is 1. The molecule has 3 N–H and O–H groups in total. The van der Waals surface area contributed by atoms with E-state index in [1.54, 1.807) is 23.7 Å². The van der Waals surface area contributed by atoms with Crippen LogP contribution in [0.4, 0.5) is 0 Å². The van der Waals surface area contributed by atoms with Gasteiger partial charge in [0.25, 0.3) is 0 Å². The van der Waals surface area contributed by atoms with E-state index in [9.17, 15) is 4.79 Å². The van der Waals surface area contributed by atoms with E-state index in [0.717, 1.165) is 30.1 Å². The Kier molecular flexibility index (Phi) is 8.44. The Bertz CT molecular complexity index is 681. The van der Waals surface area contributed by atoms with Gasteiger partial charge < -0.3 is 11.1 Å². The quantitative estimate of drug-likeness (QED) is 0.752. The number of piperidine rings is 1. The third-order valence-electron chi connectivity index (χ3n) is 4.50. The van der Waals surface area contributed by atoms with E-state index < -0.39 is 0 Å². The topological polar surface area (TPSA) is 84.1 Å². The van der Waals surface area contributed by atoms with Crippen molar-refractivity contribution in [1.29, 1.82) is 0 Å². The molecular formula is C18H26ClN5OS. The molecule has 1 saturated heterocycles. The maximum Gasteiger partial charge on any atom is 0.221 e. The highest BCUT2D eigenvalue weighted by molar-refractivity contribution is 7.15. The molecule has 6 nitrogen and oxygen atoms in total. The van der Waals surface area contributed by atoms with E-state index in [1.807, 2.05) is 18.3 Å². The van der Waals surface area contributed by atoms with Crippen molar-refractivity contribution in [2.45, 2.75) is 38.3 Å². The van der Waals surface area contributed by atoms with Gasteiger partial charge in [-0.2, -0.15) is 0 Å². The Morgan fingerprint density at radius 3 is 2.92 bits per heavy atom. The predicted octanol–water partition coefficient (Wildman–Crippen LogP) is 2.45. The SMILES string of the molecule is Cl.NCCC(=O)NCC1CCCCN1Cc1cnc(-c2ccncc2)s1. The lowest BCUT2D eigenvalue weighted by molar-refractivity contribution is -0.121. The molecule has 8 heteroatoms. The van der Waals surface area contributed by atoms with E-state index in [1.165, 1.54) is 17.7 Å². The van der Waals surface area contributed by atoms with Crippen LogP contribution in [0, 0.1) is 0 Å². The minimum Gasteiger partial charge on any atom is -0.354 e. The summed E-state index contributed by atoms with van der Waals surface area (Å²) in [5.41, 5.74) is 6.54. The zero-order chi connectivity index (χ0) is 17.5. The zero-order valence-electron chi connectivity index (χ0n) is 14.8. The largest absolute Gasteiger partial charge is 0.354 e. The summed E-state index contributed by atoms with van der Waals surface area (Å²) >= 11 is 1.73. The predicted molar refractivity (Wildman–Crippen MR) is 107 cm³/mol. The van der Waals surface area contributed by atoms with Gasteiger partial charge in [0.1, 0.15) is 5.01 Å². The fourth-order valence-electron chi connectivity index (χ4n) is 3.16. The molecule has 1 aliphatic heterocycles. The van der Waals surface area contributed by atoms with Crippen molar-refractivity contribution in [3.05, 3.63) is 35.6 Å². The number of nitrogens with two attached hydrogens (primary N) is 1. The van der Waals surface area contributed by atoms with Crippen LogP contribution < -0.4 is 11.1 Å². The molecule has 1 aliphatic rings. The molecule has 0 aliphatic carbocycles. The standard InChI is InChI=1S/C18H25N5OS.ClH/c19-7-4-17(24)21-11-15-3-1-2-10-23(15)13-16-12-22-18(25-16)14-5-8-20-9-6-14;/h5-6,8-9,12,15H,1-4,7,10-11,13,19H2,(H,21,24);1H. The number of nitrogens with one attached hydrogen (secondary N) is 1. The highest BCUT2D eigenvalue weighted by Gasteiger charge is 2.23. The van der Waals surface area contributed by atoms with Crippen molar-refractivity contribution >= 4 is 29.7 Å². The molecule has 1 amide bonds. The first-order valence-corrected chi connectivity index (χ1v) is 9.64. The number of hydrogen-bond donors (Lipinski definition) is 2. The first-order chi connectivity index (χ1) is 12.3. The smallest absolute Gasteiger partial charge is 0.221 e. The minimum atomic E-state index is 0. The summed E-state index contributed by atoms with van der Waals surface area (Å²) in [4.78, 5) is 24.0. The summed E-state index contributed by atoms with van der Waals surface area (Å²) in [5.74, 6) is 0.0470. The van der Waals surface area contributed by atoms with Gasteiger partial charge in [-0.3, -0.25) is 14.7 Å². The lowest BCUT2D eigenvalue weighted by atomic mass is 10.0. The van der Waals surface area contributed by atoms with E-state index in [4.69, 9.17) is 5.73 Å². The minimum absolute atomic E-state index is 0. The molecule has 2 aromatic rings. The molecular weight excluding hydrogens is 370 g/mol.